The van der Waals surface area contributed by atoms with Crippen LogP contribution < -0.4 is 0 Å². The predicted molar refractivity (Wildman–Crippen MR) is 116 cm³/mol. The van der Waals surface area contributed by atoms with Gasteiger partial charge in [0.15, 0.2) is 0 Å². The molecule has 158 valence electrons. The highest BCUT2D eigenvalue weighted by molar-refractivity contribution is 5.87. The first kappa shape index (κ1) is 25.9. The molecular weight excluding hydrogens is 368 g/mol. The van der Waals surface area contributed by atoms with Crippen LogP contribution in [0, 0.1) is 5.92 Å². The van der Waals surface area contributed by atoms with Crippen LogP contribution in [-0.2, 0) is 0 Å². The number of rotatable bonds is 8. The van der Waals surface area contributed by atoms with Gasteiger partial charge in [0.25, 0.3) is 0 Å². The molecule has 0 saturated heterocycles. The summed E-state index contributed by atoms with van der Waals surface area (Å²) >= 11 is 0. The van der Waals surface area contributed by atoms with Gasteiger partial charge in [0.2, 0.25) is 0 Å². The summed E-state index contributed by atoms with van der Waals surface area (Å²) in [5.74, 6) is -0.901. The van der Waals surface area contributed by atoms with Crippen molar-refractivity contribution in [2.24, 2.45) is 5.92 Å². The number of aliphatic hydroxyl groups is 1. The van der Waals surface area contributed by atoms with Crippen molar-refractivity contribution in [1.29, 1.82) is 0 Å². The fourth-order valence-corrected chi connectivity index (χ4v) is 2.53. The van der Waals surface area contributed by atoms with Gasteiger partial charge >= 0.3 is 11.9 Å². The number of aromatic carboxylic acids is 2. The zero-order valence-corrected chi connectivity index (χ0v) is 17.2. The molecule has 0 bridgehead atoms. The Hall–Kier alpha value is -3.08. The van der Waals surface area contributed by atoms with Crippen molar-refractivity contribution in [3.63, 3.8) is 0 Å². The summed E-state index contributed by atoms with van der Waals surface area (Å²) in [5.41, 5.74) is 0.662. The average Bonchev–Trinajstić information content (AvgIpc) is 2.75. The minimum atomic E-state index is -0.879. The maximum Gasteiger partial charge on any atom is 0.335 e. The van der Waals surface area contributed by atoms with Gasteiger partial charge in [0.05, 0.1) is 17.4 Å². The molecule has 2 aromatic carbocycles. The van der Waals surface area contributed by atoms with E-state index < -0.39 is 11.9 Å². The van der Waals surface area contributed by atoms with Crippen molar-refractivity contribution in [3.8, 4) is 0 Å². The Morgan fingerprint density at radius 3 is 1.55 bits per heavy atom. The third-order valence-electron chi connectivity index (χ3n) is 4.16. The summed E-state index contributed by atoms with van der Waals surface area (Å²) in [6.45, 7) is 4.47. The molecule has 0 fully saturated rings. The Bertz CT molecular complexity index is 646. The summed E-state index contributed by atoms with van der Waals surface area (Å²) in [6, 6.07) is 16.6. The quantitative estimate of drug-likeness (QED) is 0.444. The van der Waals surface area contributed by atoms with Crippen LogP contribution in [-0.4, -0.2) is 27.3 Å². The van der Waals surface area contributed by atoms with E-state index >= 15 is 0 Å². The van der Waals surface area contributed by atoms with Gasteiger partial charge in [-0.2, -0.15) is 0 Å². The molecule has 5 nitrogen and oxygen atoms in total. The second-order valence-corrected chi connectivity index (χ2v) is 6.37. The Balaban J connectivity index is 0.000000408. The highest BCUT2D eigenvalue weighted by Crippen LogP contribution is 2.16. The minimum Gasteiger partial charge on any atom is -0.516 e. The van der Waals surface area contributed by atoms with Crippen LogP contribution in [0.15, 0.2) is 73.0 Å². The average molecular weight is 401 g/mol. The van der Waals surface area contributed by atoms with Crippen LogP contribution in [0.2, 0.25) is 0 Å². The normalized spacial score (nSPS) is 10.8. The largest absolute Gasteiger partial charge is 0.516 e. The lowest BCUT2D eigenvalue weighted by molar-refractivity contribution is 0.0686. The molecule has 0 heterocycles. The lowest BCUT2D eigenvalue weighted by atomic mass is 9.95. The first-order valence-corrected chi connectivity index (χ1v) is 9.82. The second kappa shape index (κ2) is 17.0. The number of aliphatic hydroxyl groups excluding tert-OH is 1. The lowest BCUT2D eigenvalue weighted by Crippen LogP contribution is -1.96. The molecule has 0 aliphatic rings. The highest BCUT2D eigenvalue weighted by Gasteiger charge is 2.02. The van der Waals surface area contributed by atoms with E-state index in [9.17, 15) is 9.59 Å². The van der Waals surface area contributed by atoms with Gasteiger partial charge in [0, 0.05) is 0 Å². The first-order valence-electron chi connectivity index (χ1n) is 9.82. The Labute approximate surface area is 173 Å². The van der Waals surface area contributed by atoms with Crippen molar-refractivity contribution in [3.05, 3.63) is 84.1 Å². The SMILES string of the molecule is CCCC(CC)CCC=CO.O=C(O)c1ccccc1.O=C(O)c1ccccc1. The number of hydrogen-bond acceptors (Lipinski definition) is 3. The zero-order valence-electron chi connectivity index (χ0n) is 17.2. The molecule has 2 aromatic rings. The van der Waals surface area contributed by atoms with Crippen molar-refractivity contribution in [2.75, 3.05) is 0 Å². The molecule has 3 N–H and O–H groups in total. The summed E-state index contributed by atoms with van der Waals surface area (Å²) < 4.78 is 0. The van der Waals surface area contributed by atoms with Gasteiger partial charge in [-0.15, -0.1) is 0 Å². The molecule has 0 saturated carbocycles. The van der Waals surface area contributed by atoms with Gasteiger partial charge < -0.3 is 15.3 Å². The molecule has 5 heteroatoms. The fraction of sp³-hybridized carbons (Fsp3) is 0.333. The third-order valence-corrected chi connectivity index (χ3v) is 4.16. The number of benzene rings is 2. The van der Waals surface area contributed by atoms with Gasteiger partial charge in [-0.25, -0.2) is 9.59 Å². The van der Waals surface area contributed by atoms with Gasteiger partial charge in [-0.1, -0.05) is 75.6 Å². The molecule has 1 atom stereocenters. The maximum absolute atomic E-state index is 10.2. The van der Waals surface area contributed by atoms with Gasteiger partial charge in [0.1, 0.15) is 0 Å². The molecule has 29 heavy (non-hydrogen) atoms. The standard InChI is InChI=1S/C10H20O.2C7H6O2/c1-3-7-10(4-2)8-5-6-9-11;2*8-7(9)6-4-2-1-3-5-6/h6,9-11H,3-5,7-8H2,1-2H3;2*1-5H,(H,8,9). The second-order valence-electron chi connectivity index (χ2n) is 6.37. The summed E-state index contributed by atoms with van der Waals surface area (Å²) in [4.78, 5) is 20.4. The summed E-state index contributed by atoms with van der Waals surface area (Å²) in [5, 5.41) is 25.2. The highest BCUT2D eigenvalue weighted by atomic mass is 16.4. The third kappa shape index (κ3) is 13.7. The summed E-state index contributed by atoms with van der Waals surface area (Å²) in [7, 11) is 0. The van der Waals surface area contributed by atoms with E-state index in [0.717, 1.165) is 18.6 Å². The summed E-state index contributed by atoms with van der Waals surface area (Å²) in [6.07, 6.45) is 9.11. The van der Waals surface area contributed by atoms with E-state index in [4.69, 9.17) is 15.3 Å². The molecule has 0 aliphatic heterocycles. The van der Waals surface area contributed by atoms with Crippen LogP contribution in [0.3, 0.4) is 0 Å². The van der Waals surface area contributed by atoms with E-state index in [1.54, 1.807) is 60.7 Å². The first-order chi connectivity index (χ1) is 14.0. The molecule has 0 radical (unpaired) electrons. The van der Waals surface area contributed by atoms with Gasteiger partial charge in [-0.05, 0) is 43.0 Å². The van der Waals surface area contributed by atoms with Crippen molar-refractivity contribution in [1.82, 2.24) is 0 Å². The van der Waals surface area contributed by atoms with E-state index in [0.29, 0.717) is 11.1 Å². The van der Waals surface area contributed by atoms with Crippen LogP contribution >= 0.6 is 0 Å². The number of carboxylic acids is 2. The minimum absolute atomic E-state index is 0.331. The zero-order chi connectivity index (χ0) is 21.9. The van der Waals surface area contributed by atoms with E-state index in [1.807, 2.05) is 6.08 Å². The van der Waals surface area contributed by atoms with Crippen LogP contribution in [0.25, 0.3) is 0 Å². The van der Waals surface area contributed by atoms with Crippen molar-refractivity contribution < 1.29 is 24.9 Å². The number of allylic oxidation sites excluding steroid dienone is 1. The van der Waals surface area contributed by atoms with Crippen LogP contribution in [0.5, 0.6) is 0 Å². The van der Waals surface area contributed by atoms with Crippen LogP contribution in [0.4, 0.5) is 0 Å². The monoisotopic (exact) mass is 400 g/mol. The number of carbonyl (C=O) groups is 2. The van der Waals surface area contributed by atoms with Crippen LogP contribution in [0.1, 0.15) is 66.7 Å². The Kier molecular flexibility index (Phi) is 15.2. The molecule has 1 unspecified atom stereocenters. The maximum atomic E-state index is 10.2. The lowest BCUT2D eigenvalue weighted by Gasteiger charge is -2.11. The van der Waals surface area contributed by atoms with E-state index in [2.05, 4.69) is 13.8 Å². The number of carboxylic acid groups (broad SMARTS) is 2. The van der Waals surface area contributed by atoms with E-state index in [1.165, 1.54) is 25.7 Å². The molecule has 0 spiro atoms. The van der Waals surface area contributed by atoms with Crippen molar-refractivity contribution >= 4 is 11.9 Å². The van der Waals surface area contributed by atoms with Gasteiger partial charge in [-0.3, -0.25) is 0 Å². The molecular formula is C24H32O5. The van der Waals surface area contributed by atoms with Crippen molar-refractivity contribution in [2.45, 2.75) is 46.0 Å². The van der Waals surface area contributed by atoms with E-state index in [-0.39, 0.29) is 0 Å². The Morgan fingerprint density at radius 1 is 0.828 bits per heavy atom. The fourth-order valence-electron chi connectivity index (χ4n) is 2.53. The Morgan fingerprint density at radius 2 is 1.28 bits per heavy atom. The molecule has 2 rings (SSSR count). The predicted octanol–water partition coefficient (Wildman–Crippen LogP) is 6.43. The topological polar surface area (TPSA) is 94.8 Å². The molecule has 0 aliphatic carbocycles. The molecule has 0 aromatic heterocycles. The smallest absolute Gasteiger partial charge is 0.335 e. The molecule has 0 amide bonds. The number of hydrogen-bond donors (Lipinski definition) is 3.